The predicted molar refractivity (Wildman–Crippen MR) is 203 cm³/mol. The van der Waals surface area contributed by atoms with Crippen molar-refractivity contribution in [2.45, 2.75) is 122 Å². The molecule has 1 aliphatic heterocycles. The average molecular weight is 776 g/mol. The molecule has 290 valence electrons. The molecule has 2 aliphatic carbocycles. The zero-order chi connectivity index (χ0) is 38.0. The van der Waals surface area contributed by atoms with E-state index in [0.29, 0.717) is 47.8 Å². The second kappa shape index (κ2) is 14.4. The summed E-state index contributed by atoms with van der Waals surface area (Å²) in [5.41, 5.74) is 6.99. The summed E-state index contributed by atoms with van der Waals surface area (Å²) in [6.07, 6.45) is 2.47. The molecule has 0 spiro atoms. The van der Waals surface area contributed by atoms with Gasteiger partial charge in [0.15, 0.2) is 5.79 Å². The van der Waals surface area contributed by atoms with E-state index in [1.807, 2.05) is 30.7 Å². The van der Waals surface area contributed by atoms with E-state index in [9.17, 15) is 13.2 Å². The van der Waals surface area contributed by atoms with Gasteiger partial charge in [0.1, 0.15) is 36.5 Å². The van der Waals surface area contributed by atoms with Gasteiger partial charge in [-0.25, -0.2) is 15.0 Å². The molecular weight excluding hydrogens is 723 g/mol. The Balaban J connectivity index is 1.03. The van der Waals surface area contributed by atoms with E-state index in [2.05, 4.69) is 52.9 Å². The monoisotopic (exact) mass is 775 g/mol. The number of imidazole rings is 1. The van der Waals surface area contributed by atoms with Crippen LogP contribution in [-0.2, 0) is 33.5 Å². The fraction of sp³-hybridized carbons (Fsp3) is 0.658. The molecule has 0 radical (unpaired) electrons. The van der Waals surface area contributed by atoms with Gasteiger partial charge in [-0.2, -0.15) is 13.2 Å². The van der Waals surface area contributed by atoms with Crippen LogP contribution in [0.4, 0.5) is 19.0 Å². The molecule has 4 unspecified atom stereocenters. The molecule has 10 nitrogen and oxygen atoms in total. The van der Waals surface area contributed by atoms with Gasteiger partial charge in [0.25, 0.3) is 0 Å². The largest absolute Gasteiger partial charge is 0.417 e. The molecule has 15 heteroatoms. The summed E-state index contributed by atoms with van der Waals surface area (Å²) in [4.78, 5) is 16.1. The van der Waals surface area contributed by atoms with Crippen LogP contribution in [0.1, 0.15) is 64.4 Å². The number of halogens is 4. The molecule has 4 aromatic rings. The highest BCUT2D eigenvalue weighted by Crippen LogP contribution is 2.48. The van der Waals surface area contributed by atoms with E-state index in [1.165, 1.54) is 12.4 Å². The lowest BCUT2D eigenvalue weighted by Crippen LogP contribution is -2.44. The van der Waals surface area contributed by atoms with Gasteiger partial charge in [-0.15, -0.1) is 0 Å². The van der Waals surface area contributed by atoms with Crippen LogP contribution in [0.5, 0.6) is 0 Å². The minimum atomic E-state index is -4.56. The number of nitrogens with two attached hydrogens (primary N) is 1. The second-order valence-corrected chi connectivity index (χ2v) is 23.5. The van der Waals surface area contributed by atoms with E-state index < -0.39 is 25.6 Å². The molecule has 3 aliphatic rings. The Kier molecular flexibility index (Phi) is 10.5. The van der Waals surface area contributed by atoms with Crippen LogP contribution in [-0.4, -0.2) is 80.8 Å². The zero-order valence-electron chi connectivity index (χ0n) is 31.8. The first-order chi connectivity index (χ1) is 24.9. The van der Waals surface area contributed by atoms with E-state index in [1.54, 1.807) is 0 Å². The molecule has 4 heterocycles. The van der Waals surface area contributed by atoms with Crippen molar-refractivity contribution < 1.29 is 27.4 Å². The Morgan fingerprint density at radius 2 is 1.81 bits per heavy atom. The van der Waals surface area contributed by atoms with Crippen LogP contribution in [0.15, 0.2) is 30.7 Å². The maximum absolute atomic E-state index is 13.7. The van der Waals surface area contributed by atoms with Crippen LogP contribution in [0.3, 0.4) is 0 Å². The Morgan fingerprint density at radius 3 is 2.51 bits per heavy atom. The Labute approximate surface area is 315 Å². The molecule has 3 aromatic heterocycles. The van der Waals surface area contributed by atoms with Gasteiger partial charge in [0.05, 0.1) is 39.2 Å². The molecule has 4 atom stereocenters. The summed E-state index contributed by atoms with van der Waals surface area (Å²) >= 11 is 6.17. The highest BCUT2D eigenvalue weighted by Gasteiger charge is 2.55. The molecule has 1 saturated heterocycles. The van der Waals surface area contributed by atoms with Gasteiger partial charge in [0.2, 0.25) is 0 Å². The Hall–Kier alpha value is -2.75. The third-order valence-corrected chi connectivity index (χ3v) is 13.4. The Morgan fingerprint density at radius 1 is 1.08 bits per heavy atom. The molecule has 1 aromatic carbocycles. The number of hydrogen-bond donors (Lipinski definition) is 1. The van der Waals surface area contributed by atoms with Crippen LogP contribution in [0.2, 0.25) is 30.7 Å². The van der Waals surface area contributed by atoms with Crippen molar-refractivity contribution in [1.82, 2.24) is 29.0 Å². The van der Waals surface area contributed by atoms with Gasteiger partial charge < -0.3 is 34.0 Å². The lowest BCUT2D eigenvalue weighted by atomic mass is 9.72. The summed E-state index contributed by atoms with van der Waals surface area (Å²) in [6, 6.07) is 5.84. The van der Waals surface area contributed by atoms with Crippen LogP contribution in [0.25, 0.3) is 22.1 Å². The number of ether oxygens (including phenoxy) is 3. The SMILES string of the molecule is CC(C)N(CC1CC(Cc2nc3cc(C(F)(F)F)c(Cl)cc3n2COCC[Si](C)(C)C)C1)CC1CC(n2ccc3c(N)ncnc32)C2OC(C)(C)OC12. The number of alkyl halides is 3. The van der Waals surface area contributed by atoms with Crippen molar-refractivity contribution >= 4 is 47.6 Å². The molecule has 2 N–H and O–H groups in total. The lowest BCUT2D eigenvalue weighted by molar-refractivity contribution is -0.161. The van der Waals surface area contributed by atoms with Crippen molar-refractivity contribution in [1.29, 1.82) is 0 Å². The summed E-state index contributed by atoms with van der Waals surface area (Å²) in [5, 5.41) is 0.518. The molecule has 2 saturated carbocycles. The summed E-state index contributed by atoms with van der Waals surface area (Å²) in [6.45, 7) is 18.0. The third-order valence-electron chi connectivity index (χ3n) is 11.4. The average Bonchev–Trinajstić information content (AvgIpc) is 3.77. The van der Waals surface area contributed by atoms with Crippen LogP contribution < -0.4 is 5.73 Å². The Bertz CT molecular complexity index is 1940. The smallest absolute Gasteiger partial charge is 0.383 e. The van der Waals surface area contributed by atoms with Crippen molar-refractivity contribution in [2.75, 3.05) is 25.4 Å². The number of nitrogens with zero attached hydrogens (tertiary/aromatic N) is 6. The first-order valence-electron chi connectivity index (χ1n) is 18.9. The summed E-state index contributed by atoms with van der Waals surface area (Å²) in [5.74, 6) is 1.70. The van der Waals surface area contributed by atoms with E-state index >= 15 is 0 Å². The number of fused-ring (bicyclic) bond motifs is 3. The molecule has 3 fully saturated rings. The van der Waals surface area contributed by atoms with E-state index in [0.717, 1.165) is 61.3 Å². The van der Waals surface area contributed by atoms with Crippen LogP contribution in [0, 0.1) is 17.8 Å². The number of benzene rings is 1. The molecule has 0 amide bonds. The number of rotatable bonds is 13. The maximum atomic E-state index is 13.7. The first-order valence-corrected chi connectivity index (χ1v) is 23.0. The number of anilines is 1. The van der Waals surface area contributed by atoms with Gasteiger partial charge in [-0.3, -0.25) is 0 Å². The molecule has 0 bridgehead atoms. The molecular formula is C38H53ClF3N7O3Si. The van der Waals surface area contributed by atoms with Gasteiger partial charge >= 0.3 is 6.18 Å². The number of aromatic nitrogens is 5. The van der Waals surface area contributed by atoms with Gasteiger partial charge in [-0.1, -0.05) is 31.2 Å². The quantitative estimate of drug-likeness (QED) is 0.107. The zero-order valence-corrected chi connectivity index (χ0v) is 33.5. The minimum absolute atomic E-state index is 0.0469. The van der Waals surface area contributed by atoms with E-state index in [4.69, 9.17) is 36.5 Å². The fourth-order valence-electron chi connectivity index (χ4n) is 8.59. The maximum Gasteiger partial charge on any atom is 0.417 e. The first kappa shape index (κ1) is 38.5. The minimum Gasteiger partial charge on any atom is -0.383 e. The summed E-state index contributed by atoms with van der Waals surface area (Å²) < 4.78 is 64.5. The van der Waals surface area contributed by atoms with Crippen molar-refractivity contribution in [3.63, 3.8) is 0 Å². The number of nitrogen functional groups attached to an aromatic ring is 1. The van der Waals surface area contributed by atoms with Gasteiger partial charge in [-0.05, 0) is 83.0 Å². The standard InChI is InChI=1S/C38H53ClF3N7O3Si/c1-22(2)47(19-25-15-31(34-33(25)51-37(3,4)52-34)48-9-8-26-35(43)44-20-45-36(26)48)18-24-12-23(13-24)14-32-46-29-16-27(38(40,41)42)28(39)17-30(29)49(32)21-50-10-11-53(5,6)7/h8-9,16-17,20,22-25,31,33-34H,10-15,18-19,21H2,1-7H3,(H2,43,44,45). The lowest BCUT2D eigenvalue weighted by Gasteiger charge is -2.41. The topological polar surface area (TPSA) is 105 Å². The molecule has 7 rings (SSSR count). The van der Waals surface area contributed by atoms with E-state index in [-0.39, 0.29) is 35.9 Å². The number of hydrogen-bond acceptors (Lipinski definition) is 8. The van der Waals surface area contributed by atoms with Crippen molar-refractivity contribution in [3.8, 4) is 0 Å². The normalized spacial score (nSPS) is 26.0. The fourth-order valence-corrected chi connectivity index (χ4v) is 9.61. The van der Waals surface area contributed by atoms with Crippen molar-refractivity contribution in [2.24, 2.45) is 17.8 Å². The molecule has 53 heavy (non-hydrogen) atoms. The highest BCUT2D eigenvalue weighted by molar-refractivity contribution is 6.76. The summed E-state index contributed by atoms with van der Waals surface area (Å²) in [7, 11) is -1.31. The predicted octanol–water partition coefficient (Wildman–Crippen LogP) is 8.41. The third kappa shape index (κ3) is 8.14. The highest BCUT2D eigenvalue weighted by atomic mass is 35.5. The van der Waals surface area contributed by atoms with Crippen molar-refractivity contribution in [3.05, 3.63) is 47.1 Å². The second-order valence-electron chi connectivity index (χ2n) is 17.4. The van der Waals surface area contributed by atoms with Crippen LogP contribution >= 0.6 is 11.6 Å². The van der Waals surface area contributed by atoms with Gasteiger partial charge in [0, 0.05) is 52.3 Å².